The molecule has 1 saturated carbocycles. The Morgan fingerprint density at radius 3 is 2.82 bits per heavy atom. The minimum absolute atomic E-state index is 0.224. The first-order valence-corrected chi connectivity index (χ1v) is 6.29. The Balaban J connectivity index is 2.23. The van der Waals surface area contributed by atoms with Gasteiger partial charge >= 0.3 is 0 Å². The van der Waals surface area contributed by atoms with Gasteiger partial charge in [0.1, 0.15) is 11.6 Å². The lowest BCUT2D eigenvalue weighted by molar-refractivity contribution is 0.539. The van der Waals surface area contributed by atoms with E-state index in [0.29, 0.717) is 11.9 Å². The van der Waals surface area contributed by atoms with Gasteiger partial charge in [0.05, 0.1) is 16.9 Å². The highest BCUT2D eigenvalue weighted by molar-refractivity contribution is 6.16. The molecule has 4 heteroatoms. The van der Waals surface area contributed by atoms with E-state index in [1.807, 2.05) is 0 Å². The molecule has 90 valence electrons. The van der Waals surface area contributed by atoms with Crippen molar-refractivity contribution in [1.82, 2.24) is 9.55 Å². The summed E-state index contributed by atoms with van der Waals surface area (Å²) >= 11 is 5.93. The summed E-state index contributed by atoms with van der Waals surface area (Å²) in [5.74, 6) is 0.976. The Labute approximate surface area is 104 Å². The molecule has 1 aliphatic rings. The lowest BCUT2D eigenvalue weighted by atomic mass is 10.2. The van der Waals surface area contributed by atoms with Gasteiger partial charge in [-0.25, -0.2) is 9.37 Å². The molecule has 1 atom stereocenters. The van der Waals surface area contributed by atoms with E-state index in [0.717, 1.165) is 23.3 Å². The second-order valence-electron chi connectivity index (χ2n) is 5.37. The molecule has 0 N–H and O–H groups in total. The van der Waals surface area contributed by atoms with E-state index >= 15 is 0 Å². The van der Waals surface area contributed by atoms with Crippen molar-refractivity contribution in [2.24, 2.45) is 5.41 Å². The van der Waals surface area contributed by atoms with Crippen LogP contribution in [0.1, 0.15) is 32.1 Å². The van der Waals surface area contributed by atoms with Crippen LogP contribution in [0.25, 0.3) is 11.0 Å². The molecule has 1 heterocycles. The van der Waals surface area contributed by atoms with E-state index in [9.17, 15) is 4.39 Å². The Hall–Kier alpha value is -1.09. The number of halogens is 2. The SMILES string of the molecule is CC1(C)CC1n1c(CCl)nc2ccc(F)cc21. The van der Waals surface area contributed by atoms with Gasteiger partial charge < -0.3 is 4.57 Å². The van der Waals surface area contributed by atoms with E-state index in [-0.39, 0.29) is 11.2 Å². The maximum absolute atomic E-state index is 13.3. The Bertz CT molecular complexity index is 588. The molecule has 0 aliphatic heterocycles. The summed E-state index contributed by atoms with van der Waals surface area (Å²) in [6.07, 6.45) is 1.10. The predicted molar refractivity (Wildman–Crippen MR) is 66.7 cm³/mol. The molecule has 0 spiro atoms. The van der Waals surface area contributed by atoms with Crippen LogP contribution >= 0.6 is 11.6 Å². The summed E-state index contributed by atoms with van der Waals surface area (Å²) in [4.78, 5) is 4.46. The number of benzene rings is 1. The zero-order valence-electron chi connectivity index (χ0n) is 9.87. The molecule has 2 aromatic rings. The fourth-order valence-electron chi connectivity index (χ4n) is 2.44. The van der Waals surface area contributed by atoms with Gasteiger partial charge in [-0.15, -0.1) is 11.6 Å². The predicted octanol–water partition coefficient (Wildman–Crippen LogP) is 3.89. The van der Waals surface area contributed by atoms with E-state index in [1.54, 1.807) is 12.1 Å². The lowest BCUT2D eigenvalue weighted by Gasteiger charge is -2.09. The van der Waals surface area contributed by atoms with E-state index in [1.165, 1.54) is 6.07 Å². The minimum atomic E-state index is -0.224. The second-order valence-corrected chi connectivity index (χ2v) is 5.64. The second kappa shape index (κ2) is 3.45. The van der Waals surface area contributed by atoms with E-state index in [2.05, 4.69) is 23.4 Å². The first kappa shape index (κ1) is 11.0. The van der Waals surface area contributed by atoms with Crippen molar-refractivity contribution in [3.8, 4) is 0 Å². The van der Waals surface area contributed by atoms with Crippen LogP contribution < -0.4 is 0 Å². The largest absolute Gasteiger partial charge is 0.323 e. The van der Waals surface area contributed by atoms with Gasteiger partial charge in [-0.2, -0.15) is 0 Å². The number of rotatable bonds is 2. The number of hydrogen-bond donors (Lipinski definition) is 0. The molecule has 1 aromatic carbocycles. The number of alkyl halides is 1. The summed E-state index contributed by atoms with van der Waals surface area (Å²) < 4.78 is 15.4. The zero-order chi connectivity index (χ0) is 12.2. The molecule has 1 aromatic heterocycles. The molecule has 0 amide bonds. The van der Waals surface area contributed by atoms with Crippen LogP contribution in [0.3, 0.4) is 0 Å². The molecule has 17 heavy (non-hydrogen) atoms. The quantitative estimate of drug-likeness (QED) is 0.742. The number of nitrogens with zero attached hydrogens (tertiary/aromatic N) is 2. The molecular formula is C13H14ClFN2. The minimum Gasteiger partial charge on any atom is -0.323 e. The van der Waals surface area contributed by atoms with Crippen molar-refractivity contribution in [3.63, 3.8) is 0 Å². The summed E-state index contributed by atoms with van der Waals surface area (Å²) in [5, 5.41) is 0. The van der Waals surface area contributed by atoms with Gasteiger partial charge in [0.25, 0.3) is 0 Å². The fraction of sp³-hybridized carbons (Fsp3) is 0.462. The maximum atomic E-state index is 13.3. The van der Waals surface area contributed by atoms with Gasteiger partial charge in [-0.05, 0) is 30.0 Å². The van der Waals surface area contributed by atoms with Gasteiger partial charge in [0.2, 0.25) is 0 Å². The van der Waals surface area contributed by atoms with Crippen molar-refractivity contribution < 1.29 is 4.39 Å². The number of imidazole rings is 1. The average molecular weight is 253 g/mol. The van der Waals surface area contributed by atoms with Crippen LogP contribution in [0.2, 0.25) is 0 Å². The monoisotopic (exact) mass is 252 g/mol. The van der Waals surface area contributed by atoms with E-state index < -0.39 is 0 Å². The fourth-order valence-corrected chi connectivity index (χ4v) is 2.63. The van der Waals surface area contributed by atoms with Crippen LogP contribution in [-0.4, -0.2) is 9.55 Å². The molecule has 0 bridgehead atoms. The van der Waals surface area contributed by atoms with Crippen LogP contribution in [0, 0.1) is 11.2 Å². The van der Waals surface area contributed by atoms with Crippen molar-refractivity contribution in [1.29, 1.82) is 0 Å². The molecule has 0 saturated heterocycles. The highest BCUT2D eigenvalue weighted by atomic mass is 35.5. The number of aromatic nitrogens is 2. The molecule has 3 rings (SSSR count). The molecule has 2 nitrogen and oxygen atoms in total. The van der Waals surface area contributed by atoms with Crippen molar-refractivity contribution in [2.75, 3.05) is 0 Å². The Kier molecular flexibility index (Phi) is 2.24. The first-order chi connectivity index (χ1) is 8.03. The highest BCUT2D eigenvalue weighted by Gasteiger charge is 2.48. The summed E-state index contributed by atoms with van der Waals surface area (Å²) in [7, 11) is 0. The van der Waals surface area contributed by atoms with Crippen molar-refractivity contribution in [2.45, 2.75) is 32.2 Å². The van der Waals surface area contributed by atoms with Crippen molar-refractivity contribution >= 4 is 22.6 Å². The van der Waals surface area contributed by atoms with Crippen molar-refractivity contribution in [3.05, 3.63) is 29.8 Å². The third-order valence-corrected chi connectivity index (χ3v) is 3.86. The number of fused-ring (bicyclic) bond motifs is 1. The summed E-state index contributed by atoms with van der Waals surface area (Å²) in [5.41, 5.74) is 1.95. The third kappa shape index (κ3) is 1.64. The van der Waals surface area contributed by atoms with E-state index in [4.69, 9.17) is 11.6 Å². The first-order valence-electron chi connectivity index (χ1n) is 5.75. The Morgan fingerprint density at radius 2 is 2.24 bits per heavy atom. The van der Waals surface area contributed by atoms with Gasteiger partial charge in [-0.3, -0.25) is 0 Å². The highest BCUT2D eigenvalue weighted by Crippen LogP contribution is 2.56. The van der Waals surface area contributed by atoms with Crippen LogP contribution in [0.5, 0.6) is 0 Å². The third-order valence-electron chi connectivity index (χ3n) is 3.62. The normalized spacial score (nSPS) is 22.0. The van der Waals surface area contributed by atoms with Crippen LogP contribution in [0.15, 0.2) is 18.2 Å². The molecular weight excluding hydrogens is 239 g/mol. The average Bonchev–Trinajstić information content (AvgIpc) is 2.75. The zero-order valence-corrected chi connectivity index (χ0v) is 10.6. The Morgan fingerprint density at radius 1 is 1.53 bits per heavy atom. The van der Waals surface area contributed by atoms with Crippen LogP contribution in [-0.2, 0) is 5.88 Å². The standard InChI is InChI=1S/C13H14ClFN2/c1-13(2)6-11(13)17-10-5-8(15)3-4-9(10)16-12(17)7-14/h3-5,11H,6-7H2,1-2H3. The smallest absolute Gasteiger partial charge is 0.125 e. The lowest BCUT2D eigenvalue weighted by Crippen LogP contribution is -2.04. The van der Waals surface area contributed by atoms with Gasteiger partial charge in [0, 0.05) is 6.04 Å². The molecule has 1 unspecified atom stereocenters. The maximum Gasteiger partial charge on any atom is 0.125 e. The van der Waals surface area contributed by atoms with Gasteiger partial charge in [0.15, 0.2) is 0 Å². The molecule has 1 aliphatic carbocycles. The number of hydrogen-bond acceptors (Lipinski definition) is 1. The van der Waals surface area contributed by atoms with Crippen LogP contribution in [0.4, 0.5) is 4.39 Å². The topological polar surface area (TPSA) is 17.8 Å². The molecule has 0 radical (unpaired) electrons. The summed E-state index contributed by atoms with van der Waals surface area (Å²) in [6, 6.07) is 5.10. The molecule has 1 fully saturated rings. The van der Waals surface area contributed by atoms with Gasteiger partial charge in [-0.1, -0.05) is 13.8 Å². The summed E-state index contributed by atoms with van der Waals surface area (Å²) in [6.45, 7) is 4.42.